The number of hydrogen-bond acceptors (Lipinski definition) is 6. The van der Waals surface area contributed by atoms with Gasteiger partial charge in [-0.3, -0.25) is 4.79 Å². The second-order valence-corrected chi connectivity index (χ2v) is 9.64. The first-order valence-electron chi connectivity index (χ1n) is 7.51. The van der Waals surface area contributed by atoms with E-state index in [1.807, 2.05) is 17.5 Å². The number of ether oxygens (including phenoxy) is 1. The van der Waals surface area contributed by atoms with Crippen LogP contribution in [-0.4, -0.2) is 44.9 Å². The second-order valence-electron chi connectivity index (χ2n) is 5.27. The minimum absolute atomic E-state index is 0.0663. The van der Waals surface area contributed by atoms with Crippen LogP contribution in [0.1, 0.15) is 9.75 Å². The molecule has 0 aliphatic carbocycles. The third kappa shape index (κ3) is 4.22. The summed E-state index contributed by atoms with van der Waals surface area (Å²) >= 11 is 2.74. The average molecular weight is 387 g/mol. The van der Waals surface area contributed by atoms with E-state index in [1.165, 1.54) is 15.6 Å². The van der Waals surface area contributed by atoms with Crippen LogP contribution in [0.5, 0.6) is 0 Å². The fraction of sp³-hybridized carbons (Fsp3) is 0.400. The van der Waals surface area contributed by atoms with Gasteiger partial charge >= 0.3 is 0 Å². The van der Waals surface area contributed by atoms with Crippen molar-refractivity contribution in [3.8, 4) is 0 Å². The number of nitrogens with one attached hydrogen (secondary N) is 1. The van der Waals surface area contributed by atoms with Crippen molar-refractivity contribution in [3.63, 3.8) is 0 Å². The third-order valence-corrected chi connectivity index (χ3v) is 7.90. The van der Waals surface area contributed by atoms with Gasteiger partial charge in [0, 0.05) is 22.8 Å². The topological polar surface area (TPSA) is 75.7 Å². The van der Waals surface area contributed by atoms with Gasteiger partial charge in [0.25, 0.3) is 10.0 Å². The van der Waals surface area contributed by atoms with Gasteiger partial charge in [-0.2, -0.15) is 4.31 Å². The molecule has 2 aromatic heterocycles. The molecule has 1 N–H and O–H groups in total. The lowest BCUT2D eigenvalue weighted by Gasteiger charge is -2.25. The minimum Gasteiger partial charge on any atom is -0.379 e. The van der Waals surface area contributed by atoms with Crippen molar-refractivity contribution in [1.82, 2.24) is 9.62 Å². The Hall–Kier alpha value is -1.26. The van der Waals surface area contributed by atoms with Crippen LogP contribution in [0.3, 0.4) is 0 Å². The molecule has 1 saturated heterocycles. The van der Waals surface area contributed by atoms with Crippen LogP contribution in [0, 0.1) is 0 Å². The maximum absolute atomic E-state index is 12.5. The van der Waals surface area contributed by atoms with E-state index >= 15 is 0 Å². The van der Waals surface area contributed by atoms with Gasteiger partial charge in [-0.05, 0) is 23.6 Å². The Balaban J connectivity index is 1.58. The number of sulfonamides is 1. The number of carbonyl (C=O) groups is 1. The predicted molar refractivity (Wildman–Crippen MR) is 93.8 cm³/mol. The van der Waals surface area contributed by atoms with E-state index in [2.05, 4.69) is 5.32 Å². The maximum Gasteiger partial charge on any atom is 0.252 e. The smallest absolute Gasteiger partial charge is 0.252 e. The minimum atomic E-state index is -3.46. The van der Waals surface area contributed by atoms with Gasteiger partial charge in [0.15, 0.2) is 0 Å². The van der Waals surface area contributed by atoms with Crippen LogP contribution in [0.4, 0.5) is 0 Å². The Morgan fingerprint density at radius 3 is 2.71 bits per heavy atom. The van der Waals surface area contributed by atoms with Crippen LogP contribution in [-0.2, 0) is 32.5 Å². The highest BCUT2D eigenvalue weighted by Crippen LogP contribution is 2.25. The van der Waals surface area contributed by atoms with Crippen molar-refractivity contribution in [2.24, 2.45) is 0 Å². The third-order valence-electron chi connectivity index (χ3n) is 3.58. The summed E-state index contributed by atoms with van der Waals surface area (Å²) in [6.07, 6.45) is 0.349. The van der Waals surface area contributed by atoms with E-state index in [0.29, 0.717) is 43.5 Å². The largest absolute Gasteiger partial charge is 0.379 e. The molecule has 2 aromatic rings. The van der Waals surface area contributed by atoms with Gasteiger partial charge in [-0.15, -0.1) is 22.7 Å². The van der Waals surface area contributed by atoms with Crippen molar-refractivity contribution in [1.29, 1.82) is 0 Å². The summed E-state index contributed by atoms with van der Waals surface area (Å²) in [6, 6.07) is 7.19. The molecular formula is C15H18N2O4S3. The van der Waals surface area contributed by atoms with E-state index in [-0.39, 0.29) is 5.91 Å². The quantitative estimate of drug-likeness (QED) is 0.820. The molecule has 3 heterocycles. The molecule has 130 valence electrons. The molecular weight excluding hydrogens is 368 g/mol. The monoisotopic (exact) mass is 386 g/mol. The SMILES string of the molecule is O=C(Cc1cccs1)NCc1ccc(S(=O)(=O)N2CCOCC2)s1. The fourth-order valence-corrected chi connectivity index (χ4v) is 5.89. The van der Waals surface area contributed by atoms with Crippen LogP contribution in [0.15, 0.2) is 33.9 Å². The summed E-state index contributed by atoms with van der Waals surface area (Å²) in [5.41, 5.74) is 0. The molecule has 0 atom stereocenters. The van der Waals surface area contributed by atoms with Gasteiger partial charge < -0.3 is 10.1 Å². The summed E-state index contributed by atoms with van der Waals surface area (Å²) < 4.78 is 32.0. The second kappa shape index (κ2) is 7.75. The summed E-state index contributed by atoms with van der Waals surface area (Å²) in [6.45, 7) is 1.96. The van der Waals surface area contributed by atoms with Crippen molar-refractivity contribution in [3.05, 3.63) is 39.4 Å². The van der Waals surface area contributed by atoms with Gasteiger partial charge in [-0.1, -0.05) is 6.07 Å². The molecule has 1 aliphatic rings. The molecule has 0 aromatic carbocycles. The Morgan fingerprint density at radius 2 is 2.00 bits per heavy atom. The van der Waals surface area contributed by atoms with E-state index in [1.54, 1.807) is 23.5 Å². The molecule has 0 radical (unpaired) electrons. The summed E-state index contributed by atoms with van der Waals surface area (Å²) in [5, 5.41) is 4.77. The zero-order valence-corrected chi connectivity index (χ0v) is 15.4. The molecule has 0 bridgehead atoms. The zero-order valence-electron chi connectivity index (χ0n) is 12.9. The normalized spacial score (nSPS) is 16.2. The highest BCUT2D eigenvalue weighted by atomic mass is 32.2. The Kier molecular flexibility index (Phi) is 5.67. The van der Waals surface area contributed by atoms with Gasteiger partial charge in [-0.25, -0.2) is 8.42 Å². The number of amides is 1. The number of rotatable bonds is 6. The van der Waals surface area contributed by atoms with Gasteiger partial charge in [0.2, 0.25) is 5.91 Å². The average Bonchev–Trinajstić information content (AvgIpc) is 3.25. The van der Waals surface area contributed by atoms with Crippen LogP contribution in [0.25, 0.3) is 0 Å². The lowest BCUT2D eigenvalue weighted by molar-refractivity contribution is -0.120. The highest BCUT2D eigenvalue weighted by Gasteiger charge is 2.27. The van der Waals surface area contributed by atoms with Gasteiger partial charge in [0.05, 0.1) is 26.2 Å². The molecule has 9 heteroatoms. The van der Waals surface area contributed by atoms with E-state index in [4.69, 9.17) is 4.74 Å². The molecule has 0 saturated carbocycles. The lowest BCUT2D eigenvalue weighted by Crippen LogP contribution is -2.40. The number of hydrogen-bond donors (Lipinski definition) is 1. The molecule has 1 fully saturated rings. The lowest BCUT2D eigenvalue weighted by atomic mass is 10.3. The molecule has 0 unspecified atom stereocenters. The maximum atomic E-state index is 12.5. The summed E-state index contributed by atoms with van der Waals surface area (Å²) in [5.74, 6) is -0.0663. The van der Waals surface area contributed by atoms with Gasteiger partial charge in [0.1, 0.15) is 4.21 Å². The Labute approximate surface area is 149 Å². The molecule has 6 nitrogen and oxygen atoms in total. The summed E-state index contributed by atoms with van der Waals surface area (Å²) in [7, 11) is -3.46. The first kappa shape index (κ1) is 17.6. The van der Waals surface area contributed by atoms with Crippen molar-refractivity contribution >= 4 is 38.6 Å². The molecule has 1 amide bonds. The standard InChI is InChI=1S/C15H18N2O4S3/c18-14(10-12-2-1-9-22-12)16-11-13-3-4-15(23-13)24(19,20)17-5-7-21-8-6-17/h1-4,9H,5-8,10-11H2,(H,16,18). The van der Waals surface area contributed by atoms with Crippen LogP contribution < -0.4 is 5.32 Å². The zero-order chi connectivity index (χ0) is 17.0. The molecule has 1 aliphatic heterocycles. The highest BCUT2D eigenvalue weighted by molar-refractivity contribution is 7.91. The van der Waals surface area contributed by atoms with E-state index in [0.717, 1.165) is 9.75 Å². The molecule has 24 heavy (non-hydrogen) atoms. The van der Waals surface area contributed by atoms with Crippen LogP contribution >= 0.6 is 22.7 Å². The van der Waals surface area contributed by atoms with Crippen molar-refractivity contribution in [2.45, 2.75) is 17.2 Å². The summed E-state index contributed by atoms with van der Waals surface area (Å²) in [4.78, 5) is 13.7. The number of carbonyl (C=O) groups excluding carboxylic acids is 1. The number of nitrogens with zero attached hydrogens (tertiary/aromatic N) is 1. The number of thiophene rings is 2. The van der Waals surface area contributed by atoms with Crippen LogP contribution in [0.2, 0.25) is 0 Å². The van der Waals surface area contributed by atoms with Crippen molar-refractivity contribution < 1.29 is 17.9 Å². The fourth-order valence-electron chi connectivity index (χ4n) is 2.33. The first-order valence-corrected chi connectivity index (χ1v) is 10.6. The first-order chi connectivity index (χ1) is 11.6. The van der Waals surface area contributed by atoms with E-state index in [9.17, 15) is 13.2 Å². The van der Waals surface area contributed by atoms with E-state index < -0.39 is 10.0 Å². The Bertz CT molecular complexity index is 778. The predicted octanol–water partition coefficient (Wildman–Crippen LogP) is 1.69. The van der Waals surface area contributed by atoms with Crippen molar-refractivity contribution in [2.75, 3.05) is 26.3 Å². The molecule has 3 rings (SSSR count). The Morgan fingerprint density at radius 1 is 1.21 bits per heavy atom. The molecule has 0 spiro atoms. The number of morpholine rings is 1.